The highest BCUT2D eigenvalue weighted by Gasteiger charge is 2.10. The fraction of sp³-hybridized carbons (Fsp3) is 1.00. The number of primary sulfonamides is 1. The number of morpholine rings is 1. The minimum Gasteiger partial charge on any atom is -0.379 e. The minimum atomic E-state index is -3.28. The first-order valence-corrected chi connectivity index (χ1v) is 6.10. The van der Waals surface area contributed by atoms with Crippen molar-refractivity contribution >= 4 is 10.0 Å². The molecule has 0 atom stereocenters. The summed E-state index contributed by atoms with van der Waals surface area (Å²) in [6, 6.07) is 0. The highest BCUT2D eigenvalue weighted by atomic mass is 32.2. The fourth-order valence-corrected chi connectivity index (χ4v) is 1.85. The molecule has 0 amide bonds. The molecule has 78 valence electrons. The van der Waals surface area contributed by atoms with Gasteiger partial charge in [-0.3, -0.25) is 4.90 Å². The smallest absolute Gasteiger partial charge is 0.209 e. The van der Waals surface area contributed by atoms with Gasteiger partial charge in [0, 0.05) is 13.1 Å². The Morgan fingerprint density at radius 3 is 2.46 bits per heavy atom. The van der Waals surface area contributed by atoms with E-state index in [2.05, 4.69) is 4.90 Å². The summed E-state index contributed by atoms with van der Waals surface area (Å²) in [5, 5.41) is 4.88. The van der Waals surface area contributed by atoms with Crippen molar-refractivity contribution in [1.29, 1.82) is 0 Å². The van der Waals surface area contributed by atoms with Gasteiger partial charge in [-0.05, 0) is 13.0 Å². The molecule has 0 aromatic heterocycles. The molecule has 0 aliphatic carbocycles. The molecule has 1 rings (SSSR count). The van der Waals surface area contributed by atoms with Gasteiger partial charge in [0.15, 0.2) is 0 Å². The fourth-order valence-electron chi connectivity index (χ4n) is 1.31. The highest BCUT2D eigenvalue weighted by Crippen LogP contribution is 1.98. The highest BCUT2D eigenvalue weighted by molar-refractivity contribution is 7.89. The van der Waals surface area contributed by atoms with Gasteiger partial charge in [-0.25, -0.2) is 13.6 Å². The number of nitrogens with zero attached hydrogens (tertiary/aromatic N) is 1. The molecule has 2 N–H and O–H groups in total. The van der Waals surface area contributed by atoms with E-state index in [1.165, 1.54) is 0 Å². The summed E-state index contributed by atoms with van der Waals surface area (Å²) in [6.45, 7) is 4.07. The predicted octanol–water partition coefficient (Wildman–Crippen LogP) is -1.00. The van der Waals surface area contributed by atoms with Gasteiger partial charge in [0.05, 0.1) is 19.0 Å². The molecule has 0 saturated carbocycles. The molecule has 1 saturated heterocycles. The van der Waals surface area contributed by atoms with Crippen LogP contribution in [0, 0.1) is 0 Å². The van der Waals surface area contributed by atoms with Crippen LogP contribution in [-0.4, -0.2) is 51.9 Å². The Morgan fingerprint density at radius 2 is 1.92 bits per heavy atom. The number of sulfonamides is 1. The van der Waals surface area contributed by atoms with Crippen LogP contribution in [0.15, 0.2) is 0 Å². The summed E-state index contributed by atoms with van der Waals surface area (Å²) in [6.07, 6.45) is 0.610. The van der Waals surface area contributed by atoms with Crippen molar-refractivity contribution in [3.05, 3.63) is 0 Å². The van der Waals surface area contributed by atoms with Crippen LogP contribution < -0.4 is 5.14 Å². The van der Waals surface area contributed by atoms with Crippen molar-refractivity contribution in [3.8, 4) is 0 Å². The van der Waals surface area contributed by atoms with Crippen LogP contribution in [0.4, 0.5) is 0 Å². The summed E-state index contributed by atoms with van der Waals surface area (Å²) < 4.78 is 26.4. The van der Waals surface area contributed by atoms with Crippen molar-refractivity contribution in [1.82, 2.24) is 4.90 Å². The van der Waals surface area contributed by atoms with Crippen LogP contribution in [0.1, 0.15) is 6.42 Å². The van der Waals surface area contributed by atoms with Crippen molar-refractivity contribution in [3.63, 3.8) is 0 Å². The van der Waals surface area contributed by atoms with Gasteiger partial charge in [-0.2, -0.15) is 0 Å². The van der Waals surface area contributed by atoms with E-state index in [-0.39, 0.29) is 5.75 Å². The second-order valence-electron chi connectivity index (χ2n) is 3.17. The molecule has 1 aliphatic heterocycles. The molecule has 1 fully saturated rings. The van der Waals surface area contributed by atoms with Crippen LogP contribution in [0.2, 0.25) is 0 Å². The average molecular weight is 208 g/mol. The van der Waals surface area contributed by atoms with Crippen molar-refractivity contribution < 1.29 is 13.2 Å². The van der Waals surface area contributed by atoms with Crippen LogP contribution in [-0.2, 0) is 14.8 Å². The summed E-state index contributed by atoms with van der Waals surface area (Å²) >= 11 is 0. The molecular formula is C7H16N2O3S. The number of ether oxygens (including phenoxy) is 1. The third kappa shape index (κ3) is 5.20. The van der Waals surface area contributed by atoms with E-state index in [1.54, 1.807) is 0 Å². The minimum absolute atomic E-state index is 0.0738. The van der Waals surface area contributed by atoms with E-state index in [4.69, 9.17) is 9.88 Å². The molecule has 0 spiro atoms. The second kappa shape index (κ2) is 4.90. The third-order valence-electron chi connectivity index (χ3n) is 2.01. The van der Waals surface area contributed by atoms with Crippen molar-refractivity contribution in [2.24, 2.45) is 5.14 Å². The van der Waals surface area contributed by atoms with Gasteiger partial charge >= 0.3 is 0 Å². The number of nitrogens with two attached hydrogens (primary N) is 1. The number of hydrogen-bond acceptors (Lipinski definition) is 4. The molecular weight excluding hydrogens is 192 g/mol. The first kappa shape index (κ1) is 10.9. The van der Waals surface area contributed by atoms with E-state index >= 15 is 0 Å². The summed E-state index contributed by atoms with van der Waals surface area (Å²) in [5.74, 6) is 0.0738. The Hall–Kier alpha value is -0.170. The maximum absolute atomic E-state index is 10.6. The van der Waals surface area contributed by atoms with Crippen LogP contribution in [0.3, 0.4) is 0 Å². The van der Waals surface area contributed by atoms with Gasteiger partial charge in [0.1, 0.15) is 0 Å². The van der Waals surface area contributed by atoms with E-state index in [1.807, 2.05) is 0 Å². The molecule has 1 heterocycles. The second-order valence-corrected chi connectivity index (χ2v) is 4.91. The Kier molecular flexibility index (Phi) is 4.11. The lowest BCUT2D eigenvalue weighted by atomic mass is 10.4. The lowest BCUT2D eigenvalue weighted by molar-refractivity contribution is 0.0381. The van der Waals surface area contributed by atoms with E-state index in [9.17, 15) is 8.42 Å². The van der Waals surface area contributed by atoms with Gasteiger partial charge in [0.2, 0.25) is 10.0 Å². The summed E-state index contributed by atoms with van der Waals surface area (Å²) in [4.78, 5) is 2.19. The number of hydrogen-bond donors (Lipinski definition) is 1. The monoisotopic (exact) mass is 208 g/mol. The Labute approximate surface area is 78.9 Å². The molecule has 13 heavy (non-hydrogen) atoms. The molecule has 0 bridgehead atoms. The molecule has 0 unspecified atom stereocenters. The zero-order valence-corrected chi connectivity index (χ0v) is 8.42. The normalized spacial score (nSPS) is 20.4. The first-order chi connectivity index (χ1) is 6.08. The lowest BCUT2D eigenvalue weighted by Gasteiger charge is -2.26. The van der Waals surface area contributed by atoms with Crippen molar-refractivity contribution in [2.45, 2.75) is 6.42 Å². The van der Waals surface area contributed by atoms with E-state index < -0.39 is 10.0 Å². The van der Waals surface area contributed by atoms with Gasteiger partial charge < -0.3 is 4.74 Å². The molecule has 5 nitrogen and oxygen atoms in total. The predicted molar refractivity (Wildman–Crippen MR) is 49.9 cm³/mol. The van der Waals surface area contributed by atoms with Crippen LogP contribution in [0.25, 0.3) is 0 Å². The molecule has 0 radical (unpaired) electrons. The van der Waals surface area contributed by atoms with Crippen molar-refractivity contribution in [2.75, 3.05) is 38.6 Å². The summed E-state index contributed by atoms with van der Waals surface area (Å²) in [5.41, 5.74) is 0. The lowest BCUT2D eigenvalue weighted by Crippen LogP contribution is -2.37. The molecule has 1 aliphatic rings. The zero-order valence-electron chi connectivity index (χ0n) is 7.61. The maximum atomic E-state index is 10.6. The third-order valence-corrected chi connectivity index (χ3v) is 2.86. The quantitative estimate of drug-likeness (QED) is 0.643. The topological polar surface area (TPSA) is 72.6 Å². The number of rotatable bonds is 4. The largest absolute Gasteiger partial charge is 0.379 e. The molecule has 0 aromatic carbocycles. The van der Waals surface area contributed by atoms with Crippen LogP contribution >= 0.6 is 0 Å². The Morgan fingerprint density at radius 1 is 1.31 bits per heavy atom. The van der Waals surface area contributed by atoms with Crippen LogP contribution in [0.5, 0.6) is 0 Å². The van der Waals surface area contributed by atoms with Gasteiger partial charge in [-0.15, -0.1) is 0 Å². The first-order valence-electron chi connectivity index (χ1n) is 4.38. The summed E-state index contributed by atoms with van der Waals surface area (Å²) in [7, 11) is -3.28. The molecule has 6 heteroatoms. The standard InChI is InChI=1S/C7H16N2O3S/c8-13(10,11)7-1-2-9-3-5-12-6-4-9/h1-7H2,(H2,8,10,11). The maximum Gasteiger partial charge on any atom is 0.209 e. The molecule has 0 aromatic rings. The van der Waals surface area contributed by atoms with Gasteiger partial charge in [0.25, 0.3) is 0 Å². The Balaban J connectivity index is 2.11. The zero-order chi connectivity index (χ0) is 9.73. The Bertz CT molecular complexity index is 234. The SMILES string of the molecule is NS(=O)(=O)CCCN1CCOCC1. The average Bonchev–Trinajstić information content (AvgIpc) is 2.04. The van der Waals surface area contributed by atoms with Gasteiger partial charge in [-0.1, -0.05) is 0 Å². The van der Waals surface area contributed by atoms with E-state index in [0.29, 0.717) is 6.42 Å². The van der Waals surface area contributed by atoms with E-state index in [0.717, 1.165) is 32.8 Å².